The number of carboxylic acid groups (broad SMARTS) is 1. The molecule has 0 aliphatic carbocycles. The molecule has 0 amide bonds. The molecule has 0 saturated heterocycles. The first kappa shape index (κ1) is 15.9. The van der Waals surface area contributed by atoms with Crippen molar-refractivity contribution in [3.8, 4) is 5.75 Å². The third kappa shape index (κ3) is 4.25. The Morgan fingerprint density at radius 3 is 2.64 bits per heavy atom. The topological polar surface area (TPSA) is 49.8 Å². The lowest BCUT2D eigenvalue weighted by Crippen LogP contribution is -2.26. The molecular weight excluding hydrogens is 278 g/mol. The standard InChI is InChI=1S/C18H21NO3/c1-14-6-3-4-7-15(14)13-19(11-10-18(20)21)16-8-5-9-17(12-16)22-2/h3-9,12H,10-11,13H2,1-2H3,(H,20,21). The fourth-order valence-electron chi connectivity index (χ4n) is 2.33. The van der Waals surface area contributed by atoms with Gasteiger partial charge in [-0.1, -0.05) is 30.3 Å². The normalized spacial score (nSPS) is 10.3. The zero-order valence-corrected chi connectivity index (χ0v) is 13.0. The van der Waals surface area contributed by atoms with Crippen molar-refractivity contribution in [1.82, 2.24) is 0 Å². The van der Waals surface area contributed by atoms with Crippen LogP contribution in [0, 0.1) is 6.92 Å². The third-order valence-electron chi connectivity index (χ3n) is 3.64. The average Bonchev–Trinajstić information content (AvgIpc) is 2.53. The van der Waals surface area contributed by atoms with E-state index in [1.54, 1.807) is 7.11 Å². The number of hydrogen-bond donors (Lipinski definition) is 1. The van der Waals surface area contributed by atoms with Crippen molar-refractivity contribution in [3.05, 3.63) is 59.7 Å². The Bertz CT molecular complexity index is 640. The summed E-state index contributed by atoms with van der Waals surface area (Å²) in [7, 11) is 1.63. The Morgan fingerprint density at radius 1 is 1.18 bits per heavy atom. The molecule has 0 aliphatic rings. The molecular formula is C18H21NO3. The van der Waals surface area contributed by atoms with Gasteiger partial charge in [-0.05, 0) is 30.2 Å². The zero-order valence-electron chi connectivity index (χ0n) is 13.0. The molecule has 1 N–H and O–H groups in total. The van der Waals surface area contributed by atoms with Gasteiger partial charge in [0.2, 0.25) is 0 Å². The van der Waals surface area contributed by atoms with Crippen LogP contribution in [0.1, 0.15) is 17.5 Å². The second-order valence-corrected chi connectivity index (χ2v) is 5.19. The number of aliphatic carboxylic acids is 1. The summed E-state index contributed by atoms with van der Waals surface area (Å²) in [5.41, 5.74) is 3.35. The van der Waals surface area contributed by atoms with Crippen LogP contribution in [0.2, 0.25) is 0 Å². The summed E-state index contributed by atoms with van der Waals surface area (Å²) in [5.74, 6) is -0.0275. The molecule has 4 heteroatoms. The third-order valence-corrected chi connectivity index (χ3v) is 3.64. The number of carbonyl (C=O) groups is 1. The summed E-state index contributed by atoms with van der Waals surface area (Å²) < 4.78 is 5.26. The van der Waals surface area contributed by atoms with E-state index in [1.165, 1.54) is 11.1 Å². The van der Waals surface area contributed by atoms with Gasteiger partial charge in [0.1, 0.15) is 5.75 Å². The first-order valence-electron chi connectivity index (χ1n) is 7.25. The Labute approximate surface area is 131 Å². The lowest BCUT2D eigenvalue weighted by Gasteiger charge is -2.25. The molecule has 0 spiro atoms. The van der Waals surface area contributed by atoms with Crippen molar-refractivity contribution in [2.45, 2.75) is 19.9 Å². The van der Waals surface area contributed by atoms with Crippen LogP contribution in [0.3, 0.4) is 0 Å². The summed E-state index contributed by atoms with van der Waals surface area (Å²) >= 11 is 0. The number of carboxylic acids is 1. The van der Waals surface area contributed by atoms with Gasteiger partial charge >= 0.3 is 5.97 Å². The maximum Gasteiger partial charge on any atom is 0.305 e. The van der Waals surface area contributed by atoms with Crippen LogP contribution >= 0.6 is 0 Å². The summed E-state index contributed by atoms with van der Waals surface area (Å²) in [6.45, 7) is 3.19. The largest absolute Gasteiger partial charge is 0.497 e. The molecule has 22 heavy (non-hydrogen) atoms. The second-order valence-electron chi connectivity index (χ2n) is 5.19. The van der Waals surface area contributed by atoms with Gasteiger partial charge in [-0.15, -0.1) is 0 Å². The van der Waals surface area contributed by atoms with E-state index in [1.807, 2.05) is 36.4 Å². The summed E-state index contributed by atoms with van der Waals surface area (Å²) in [6, 6.07) is 15.9. The Balaban J connectivity index is 2.25. The molecule has 0 radical (unpaired) electrons. The minimum atomic E-state index is -0.794. The highest BCUT2D eigenvalue weighted by atomic mass is 16.5. The lowest BCUT2D eigenvalue weighted by molar-refractivity contribution is -0.136. The van der Waals surface area contributed by atoms with E-state index in [0.717, 1.165) is 11.4 Å². The lowest BCUT2D eigenvalue weighted by atomic mass is 10.1. The van der Waals surface area contributed by atoms with Crippen molar-refractivity contribution in [3.63, 3.8) is 0 Å². The van der Waals surface area contributed by atoms with E-state index < -0.39 is 5.97 Å². The van der Waals surface area contributed by atoms with Gasteiger partial charge in [-0.25, -0.2) is 0 Å². The van der Waals surface area contributed by atoms with Gasteiger partial charge in [0, 0.05) is 24.8 Å². The van der Waals surface area contributed by atoms with Crippen LogP contribution < -0.4 is 9.64 Å². The molecule has 0 fully saturated rings. The predicted octanol–water partition coefficient (Wildman–Crippen LogP) is 3.48. The van der Waals surface area contributed by atoms with Crippen molar-refractivity contribution >= 4 is 11.7 Å². The first-order valence-corrected chi connectivity index (χ1v) is 7.25. The molecule has 2 aromatic carbocycles. The highest BCUT2D eigenvalue weighted by molar-refractivity contribution is 5.67. The quantitative estimate of drug-likeness (QED) is 0.850. The molecule has 0 atom stereocenters. The summed E-state index contributed by atoms with van der Waals surface area (Å²) in [6.07, 6.45) is 0.100. The number of rotatable bonds is 7. The number of anilines is 1. The molecule has 0 saturated carbocycles. The van der Waals surface area contributed by atoms with Crippen LogP contribution in [-0.4, -0.2) is 24.7 Å². The number of benzene rings is 2. The van der Waals surface area contributed by atoms with Crippen LogP contribution in [-0.2, 0) is 11.3 Å². The Hall–Kier alpha value is -2.49. The van der Waals surface area contributed by atoms with Gasteiger partial charge in [0.05, 0.1) is 13.5 Å². The molecule has 4 nitrogen and oxygen atoms in total. The SMILES string of the molecule is COc1cccc(N(CCC(=O)O)Cc2ccccc2C)c1. The summed E-state index contributed by atoms with van der Waals surface area (Å²) in [5, 5.41) is 8.98. The van der Waals surface area contributed by atoms with Gasteiger partial charge in [0.15, 0.2) is 0 Å². The monoisotopic (exact) mass is 299 g/mol. The van der Waals surface area contributed by atoms with Crippen molar-refractivity contribution < 1.29 is 14.6 Å². The highest BCUT2D eigenvalue weighted by Crippen LogP contribution is 2.23. The fourth-order valence-corrected chi connectivity index (χ4v) is 2.33. The van der Waals surface area contributed by atoms with E-state index in [4.69, 9.17) is 9.84 Å². The zero-order chi connectivity index (χ0) is 15.9. The van der Waals surface area contributed by atoms with Gasteiger partial charge in [-0.3, -0.25) is 4.79 Å². The average molecular weight is 299 g/mol. The number of nitrogens with zero attached hydrogens (tertiary/aromatic N) is 1. The second kappa shape index (κ2) is 7.50. The van der Waals surface area contributed by atoms with E-state index in [9.17, 15) is 4.79 Å². The smallest absolute Gasteiger partial charge is 0.305 e. The van der Waals surface area contributed by atoms with E-state index in [-0.39, 0.29) is 6.42 Å². The molecule has 0 aliphatic heterocycles. The minimum absolute atomic E-state index is 0.100. The van der Waals surface area contributed by atoms with Gasteiger partial charge in [-0.2, -0.15) is 0 Å². The molecule has 0 aromatic heterocycles. The molecule has 0 bridgehead atoms. The fraction of sp³-hybridized carbons (Fsp3) is 0.278. The van der Waals surface area contributed by atoms with Crippen LogP contribution in [0.15, 0.2) is 48.5 Å². The van der Waals surface area contributed by atoms with Gasteiger partial charge in [0.25, 0.3) is 0 Å². The van der Waals surface area contributed by atoms with Crippen molar-refractivity contribution in [1.29, 1.82) is 0 Å². The van der Waals surface area contributed by atoms with Crippen molar-refractivity contribution in [2.24, 2.45) is 0 Å². The van der Waals surface area contributed by atoms with Crippen LogP contribution in [0.4, 0.5) is 5.69 Å². The number of aryl methyl sites for hydroxylation is 1. The predicted molar refractivity (Wildman–Crippen MR) is 87.5 cm³/mol. The molecule has 0 unspecified atom stereocenters. The number of methoxy groups -OCH3 is 1. The van der Waals surface area contributed by atoms with Crippen molar-refractivity contribution in [2.75, 3.05) is 18.6 Å². The first-order chi connectivity index (χ1) is 10.6. The van der Waals surface area contributed by atoms with E-state index >= 15 is 0 Å². The summed E-state index contributed by atoms with van der Waals surface area (Å²) in [4.78, 5) is 13.0. The maximum absolute atomic E-state index is 10.9. The molecule has 116 valence electrons. The van der Waals surface area contributed by atoms with Crippen LogP contribution in [0.25, 0.3) is 0 Å². The van der Waals surface area contributed by atoms with Gasteiger partial charge < -0.3 is 14.7 Å². The minimum Gasteiger partial charge on any atom is -0.497 e. The Morgan fingerprint density at radius 2 is 1.95 bits per heavy atom. The number of ether oxygens (including phenoxy) is 1. The maximum atomic E-state index is 10.9. The Kier molecular flexibility index (Phi) is 5.42. The highest BCUT2D eigenvalue weighted by Gasteiger charge is 2.11. The van der Waals surface area contributed by atoms with Crippen LogP contribution in [0.5, 0.6) is 5.75 Å². The molecule has 0 heterocycles. The van der Waals surface area contributed by atoms with E-state index in [2.05, 4.69) is 24.0 Å². The number of hydrogen-bond acceptors (Lipinski definition) is 3. The molecule has 2 rings (SSSR count). The molecule has 2 aromatic rings. The van der Waals surface area contributed by atoms with E-state index in [0.29, 0.717) is 13.1 Å².